The fraction of sp³-hybridized carbons (Fsp3) is 0.353. The van der Waals surface area contributed by atoms with Gasteiger partial charge in [-0.2, -0.15) is 5.10 Å². The Labute approximate surface area is 159 Å². The number of benzene rings is 1. The van der Waals surface area contributed by atoms with Gasteiger partial charge < -0.3 is 15.4 Å². The number of hydrogen-bond donors (Lipinski definition) is 2. The quantitative estimate of drug-likeness (QED) is 0.774. The molecule has 10 heteroatoms. The Balaban J connectivity index is 1.74. The number of fused-ring (bicyclic) bond motifs is 2. The lowest BCUT2D eigenvalue weighted by molar-refractivity contribution is -0.0418. The largest absolute Gasteiger partial charge is 0.436 e. The van der Waals surface area contributed by atoms with E-state index in [1.807, 2.05) is 0 Å². The molecule has 1 atom stereocenters. The first-order valence-electron chi connectivity index (χ1n) is 8.37. The molecule has 27 heavy (non-hydrogen) atoms. The average Bonchev–Trinajstić information content (AvgIpc) is 2.96. The number of nitrogens with zero attached hydrogens (tertiary/aromatic N) is 3. The molecule has 2 aliphatic rings. The molecule has 0 unspecified atom stereocenters. The van der Waals surface area contributed by atoms with Crippen molar-refractivity contribution >= 4 is 35.1 Å². The standard InChI is InChI=1S/C17H17ClFN5O3/c1-23-14(20)9(7-21-23)15(25)24-6-2-5-17(8-24)12-11(22-16(26)27-17)4-3-10(18)13(12)19/h3-4,7H,2,5-6,8,20H2,1H3,(H,22,26)/t17-/m0/s1. The molecule has 3 heterocycles. The molecule has 0 saturated carbocycles. The number of amides is 2. The summed E-state index contributed by atoms with van der Waals surface area (Å²) in [5, 5.41) is 6.40. The third-order valence-electron chi connectivity index (χ3n) is 5.03. The van der Waals surface area contributed by atoms with Gasteiger partial charge in [0.05, 0.1) is 29.0 Å². The first-order valence-corrected chi connectivity index (χ1v) is 8.75. The summed E-state index contributed by atoms with van der Waals surface area (Å²) in [6.07, 6.45) is 1.58. The van der Waals surface area contributed by atoms with Crippen LogP contribution in [-0.4, -0.2) is 39.8 Å². The minimum absolute atomic E-state index is 0.00213. The molecular formula is C17H17ClFN5O3. The number of piperidine rings is 1. The zero-order valence-corrected chi connectivity index (χ0v) is 15.2. The van der Waals surface area contributed by atoms with E-state index < -0.39 is 17.5 Å². The number of nitrogens with one attached hydrogen (secondary N) is 1. The lowest BCUT2D eigenvalue weighted by Gasteiger charge is -2.45. The summed E-state index contributed by atoms with van der Waals surface area (Å²) in [5.41, 5.74) is 5.30. The molecule has 0 bridgehead atoms. The van der Waals surface area contributed by atoms with Crippen LogP contribution in [-0.2, 0) is 17.4 Å². The van der Waals surface area contributed by atoms with E-state index in [9.17, 15) is 14.0 Å². The van der Waals surface area contributed by atoms with Gasteiger partial charge in [0, 0.05) is 13.6 Å². The SMILES string of the molecule is Cn1ncc(C(=O)N2CCC[C@@]3(C2)OC(=O)Nc2ccc(Cl)c(F)c23)c1N. The zero-order valence-electron chi connectivity index (χ0n) is 14.5. The number of ether oxygens (including phenoxy) is 1. The third kappa shape index (κ3) is 2.69. The fourth-order valence-corrected chi connectivity index (χ4v) is 3.89. The summed E-state index contributed by atoms with van der Waals surface area (Å²) >= 11 is 5.95. The predicted molar refractivity (Wildman–Crippen MR) is 95.9 cm³/mol. The van der Waals surface area contributed by atoms with Crippen molar-refractivity contribution in [1.82, 2.24) is 14.7 Å². The molecule has 1 saturated heterocycles. The van der Waals surface area contributed by atoms with Crippen LogP contribution in [0.2, 0.25) is 5.02 Å². The van der Waals surface area contributed by atoms with Gasteiger partial charge in [0.2, 0.25) is 0 Å². The van der Waals surface area contributed by atoms with E-state index in [1.165, 1.54) is 27.9 Å². The molecule has 3 N–H and O–H groups in total. The van der Waals surface area contributed by atoms with Crippen LogP contribution in [0.3, 0.4) is 0 Å². The molecule has 1 fully saturated rings. The molecule has 0 radical (unpaired) electrons. The number of halogens is 2. The fourth-order valence-electron chi connectivity index (χ4n) is 3.73. The van der Waals surface area contributed by atoms with Crippen molar-refractivity contribution in [2.45, 2.75) is 18.4 Å². The van der Waals surface area contributed by atoms with E-state index in [-0.39, 0.29) is 34.4 Å². The molecule has 2 aliphatic heterocycles. The van der Waals surface area contributed by atoms with Gasteiger partial charge in [0.15, 0.2) is 11.4 Å². The van der Waals surface area contributed by atoms with Crippen LogP contribution in [0.25, 0.3) is 0 Å². The van der Waals surface area contributed by atoms with E-state index in [2.05, 4.69) is 10.4 Å². The highest BCUT2D eigenvalue weighted by atomic mass is 35.5. The van der Waals surface area contributed by atoms with E-state index in [0.717, 1.165) is 0 Å². The van der Waals surface area contributed by atoms with Crippen molar-refractivity contribution in [2.24, 2.45) is 7.05 Å². The summed E-state index contributed by atoms with van der Waals surface area (Å²) in [6.45, 7) is 0.426. The Morgan fingerprint density at radius 3 is 2.96 bits per heavy atom. The van der Waals surface area contributed by atoms with Crippen LogP contribution in [0.5, 0.6) is 0 Å². The van der Waals surface area contributed by atoms with Gasteiger partial charge in [0.1, 0.15) is 11.4 Å². The maximum atomic E-state index is 14.9. The maximum Gasteiger partial charge on any atom is 0.412 e. The topological polar surface area (TPSA) is 102 Å². The minimum Gasteiger partial charge on any atom is -0.436 e. The van der Waals surface area contributed by atoms with Gasteiger partial charge in [0.25, 0.3) is 5.91 Å². The summed E-state index contributed by atoms with van der Waals surface area (Å²) in [6, 6.07) is 2.90. The number of nitrogen functional groups attached to an aromatic ring is 1. The second-order valence-corrected chi connectivity index (χ2v) is 7.10. The summed E-state index contributed by atoms with van der Waals surface area (Å²) in [5.74, 6) is -0.779. The van der Waals surface area contributed by atoms with Gasteiger partial charge in [-0.1, -0.05) is 11.6 Å². The Hall–Kier alpha value is -2.81. The Morgan fingerprint density at radius 2 is 2.26 bits per heavy atom. The predicted octanol–water partition coefficient (Wildman–Crippen LogP) is 2.49. The average molecular weight is 394 g/mol. The van der Waals surface area contributed by atoms with Crippen molar-refractivity contribution in [3.63, 3.8) is 0 Å². The number of rotatable bonds is 1. The second-order valence-electron chi connectivity index (χ2n) is 6.69. The number of hydrogen-bond acceptors (Lipinski definition) is 5. The highest BCUT2D eigenvalue weighted by Gasteiger charge is 2.48. The van der Waals surface area contributed by atoms with Crippen LogP contribution in [0.15, 0.2) is 18.3 Å². The van der Waals surface area contributed by atoms with Gasteiger partial charge >= 0.3 is 6.09 Å². The van der Waals surface area contributed by atoms with E-state index in [4.69, 9.17) is 22.1 Å². The Bertz CT molecular complexity index is 962. The maximum absolute atomic E-state index is 14.9. The van der Waals surface area contributed by atoms with Gasteiger partial charge in [-0.15, -0.1) is 0 Å². The van der Waals surface area contributed by atoms with Crippen molar-refractivity contribution in [3.05, 3.63) is 40.3 Å². The van der Waals surface area contributed by atoms with Crippen LogP contribution in [0, 0.1) is 5.82 Å². The van der Waals surface area contributed by atoms with Crippen molar-refractivity contribution < 1.29 is 18.7 Å². The minimum atomic E-state index is -1.31. The molecule has 1 aromatic carbocycles. The number of aromatic nitrogens is 2. The van der Waals surface area contributed by atoms with Gasteiger partial charge in [-0.05, 0) is 25.0 Å². The van der Waals surface area contributed by atoms with Crippen LogP contribution in [0.4, 0.5) is 20.7 Å². The van der Waals surface area contributed by atoms with E-state index in [1.54, 1.807) is 7.05 Å². The molecule has 2 amide bonds. The highest BCUT2D eigenvalue weighted by molar-refractivity contribution is 6.31. The first kappa shape index (κ1) is 17.6. The van der Waals surface area contributed by atoms with Crippen molar-refractivity contribution in [3.8, 4) is 0 Å². The summed E-state index contributed by atoms with van der Waals surface area (Å²) in [4.78, 5) is 26.5. The third-order valence-corrected chi connectivity index (χ3v) is 5.32. The monoisotopic (exact) mass is 393 g/mol. The van der Waals surface area contributed by atoms with Crippen LogP contribution < -0.4 is 11.1 Å². The number of anilines is 2. The number of carbonyl (C=O) groups excluding carboxylic acids is 2. The molecular weight excluding hydrogens is 377 g/mol. The van der Waals surface area contributed by atoms with E-state index >= 15 is 0 Å². The lowest BCUT2D eigenvalue weighted by Crippen LogP contribution is -2.53. The second kappa shape index (κ2) is 6.12. The van der Waals surface area contributed by atoms with Crippen molar-refractivity contribution in [2.75, 3.05) is 24.1 Å². The van der Waals surface area contributed by atoms with Gasteiger partial charge in [-0.25, -0.2) is 9.18 Å². The molecule has 142 valence electrons. The first-order chi connectivity index (χ1) is 12.8. The van der Waals surface area contributed by atoms with Gasteiger partial charge in [-0.3, -0.25) is 14.8 Å². The molecule has 1 aromatic heterocycles. The van der Waals surface area contributed by atoms with Crippen LogP contribution >= 0.6 is 11.6 Å². The number of likely N-dealkylation sites (tertiary alicyclic amines) is 1. The molecule has 8 nitrogen and oxygen atoms in total. The smallest absolute Gasteiger partial charge is 0.412 e. The number of nitrogens with two attached hydrogens (primary N) is 1. The summed E-state index contributed by atoms with van der Waals surface area (Å²) in [7, 11) is 1.63. The normalized spacial score (nSPS) is 21.6. The highest BCUT2D eigenvalue weighted by Crippen LogP contribution is 2.45. The van der Waals surface area contributed by atoms with Crippen LogP contribution in [0.1, 0.15) is 28.8 Å². The number of carbonyl (C=O) groups is 2. The molecule has 0 aliphatic carbocycles. The zero-order chi connectivity index (χ0) is 19.3. The molecule has 1 spiro atoms. The Kier molecular flexibility index (Phi) is 3.99. The summed E-state index contributed by atoms with van der Waals surface area (Å²) < 4.78 is 21.8. The Morgan fingerprint density at radius 1 is 1.48 bits per heavy atom. The lowest BCUT2D eigenvalue weighted by atomic mass is 9.83. The van der Waals surface area contributed by atoms with Crippen molar-refractivity contribution in [1.29, 1.82) is 0 Å². The molecule has 4 rings (SSSR count). The van der Waals surface area contributed by atoms with E-state index in [0.29, 0.717) is 25.1 Å². The molecule has 2 aromatic rings. The number of aryl methyl sites for hydroxylation is 1.